The average Bonchev–Trinajstić information content (AvgIpc) is 2.37. The zero-order valence-electron chi connectivity index (χ0n) is 12.8. The van der Waals surface area contributed by atoms with Gasteiger partial charge in [-0.3, -0.25) is 0 Å². The standard InChI is InChI=1S/C17H27NO/c1-5-14-7-6-8-17(18,11-14)16-13(3)9-12(2)10-15(16)19-4/h9-10,14H,5-8,11,18H2,1-4H3. The number of aryl methyl sites for hydroxylation is 2. The maximum absolute atomic E-state index is 6.79. The highest BCUT2D eigenvalue weighted by molar-refractivity contribution is 5.47. The molecule has 1 aromatic rings. The smallest absolute Gasteiger partial charge is 0.124 e. The second-order valence-corrected chi connectivity index (χ2v) is 6.19. The van der Waals surface area contributed by atoms with Gasteiger partial charge < -0.3 is 10.5 Å². The van der Waals surface area contributed by atoms with Gasteiger partial charge in [0.15, 0.2) is 0 Å². The van der Waals surface area contributed by atoms with Crippen molar-refractivity contribution in [1.29, 1.82) is 0 Å². The first kappa shape index (κ1) is 14.4. The molecule has 0 saturated heterocycles. The van der Waals surface area contributed by atoms with Gasteiger partial charge in [-0.2, -0.15) is 0 Å². The Hall–Kier alpha value is -1.02. The van der Waals surface area contributed by atoms with E-state index >= 15 is 0 Å². The van der Waals surface area contributed by atoms with Crippen LogP contribution in [0.1, 0.15) is 55.7 Å². The molecular formula is C17H27NO. The molecule has 1 saturated carbocycles. The van der Waals surface area contributed by atoms with Crippen molar-refractivity contribution in [1.82, 2.24) is 0 Å². The molecule has 2 heteroatoms. The van der Waals surface area contributed by atoms with E-state index in [9.17, 15) is 0 Å². The van der Waals surface area contributed by atoms with Crippen LogP contribution in [0.25, 0.3) is 0 Å². The fourth-order valence-corrected chi connectivity index (χ4v) is 3.73. The number of hydrogen-bond donors (Lipinski definition) is 1. The van der Waals surface area contributed by atoms with Gasteiger partial charge in [-0.15, -0.1) is 0 Å². The van der Waals surface area contributed by atoms with E-state index in [-0.39, 0.29) is 5.54 Å². The van der Waals surface area contributed by atoms with Gasteiger partial charge in [-0.25, -0.2) is 0 Å². The summed E-state index contributed by atoms with van der Waals surface area (Å²) in [6.07, 6.45) is 5.94. The Labute approximate surface area is 117 Å². The lowest BCUT2D eigenvalue weighted by Gasteiger charge is -2.40. The average molecular weight is 261 g/mol. The fourth-order valence-electron chi connectivity index (χ4n) is 3.73. The van der Waals surface area contributed by atoms with Crippen LogP contribution in [0.5, 0.6) is 5.75 Å². The van der Waals surface area contributed by atoms with E-state index in [1.165, 1.54) is 36.0 Å². The second kappa shape index (κ2) is 5.54. The van der Waals surface area contributed by atoms with Gasteiger partial charge in [-0.1, -0.05) is 32.3 Å². The quantitative estimate of drug-likeness (QED) is 0.890. The molecule has 2 atom stereocenters. The molecule has 0 spiro atoms. The van der Waals surface area contributed by atoms with Crippen molar-refractivity contribution in [3.8, 4) is 5.75 Å². The molecule has 19 heavy (non-hydrogen) atoms. The Bertz CT molecular complexity index is 455. The van der Waals surface area contributed by atoms with Crippen LogP contribution in [-0.2, 0) is 5.54 Å². The van der Waals surface area contributed by atoms with Crippen LogP contribution < -0.4 is 10.5 Å². The van der Waals surface area contributed by atoms with Crippen molar-refractivity contribution in [3.05, 3.63) is 28.8 Å². The first-order valence-corrected chi connectivity index (χ1v) is 7.44. The highest BCUT2D eigenvalue weighted by Gasteiger charge is 2.36. The molecule has 0 aromatic heterocycles. The van der Waals surface area contributed by atoms with Crippen molar-refractivity contribution in [2.45, 2.75) is 58.4 Å². The van der Waals surface area contributed by atoms with Crippen LogP contribution in [0, 0.1) is 19.8 Å². The normalized spacial score (nSPS) is 27.3. The number of nitrogens with two attached hydrogens (primary N) is 1. The summed E-state index contributed by atoms with van der Waals surface area (Å²) in [7, 11) is 1.75. The van der Waals surface area contributed by atoms with E-state index in [4.69, 9.17) is 10.5 Å². The first-order chi connectivity index (χ1) is 9.00. The fraction of sp³-hybridized carbons (Fsp3) is 0.647. The second-order valence-electron chi connectivity index (χ2n) is 6.19. The van der Waals surface area contributed by atoms with Gasteiger partial charge in [0.2, 0.25) is 0 Å². The molecule has 2 rings (SSSR count). The van der Waals surface area contributed by atoms with Crippen LogP contribution >= 0.6 is 0 Å². The van der Waals surface area contributed by atoms with Crippen molar-refractivity contribution in [2.24, 2.45) is 11.7 Å². The molecule has 1 aromatic carbocycles. The van der Waals surface area contributed by atoms with E-state index in [0.717, 1.165) is 24.5 Å². The third-order valence-electron chi connectivity index (χ3n) is 4.63. The summed E-state index contributed by atoms with van der Waals surface area (Å²) in [5.74, 6) is 1.72. The Morgan fingerprint density at radius 1 is 1.37 bits per heavy atom. The molecule has 1 aliphatic carbocycles. The summed E-state index contributed by atoms with van der Waals surface area (Å²) in [6, 6.07) is 4.34. The number of ether oxygens (including phenoxy) is 1. The predicted molar refractivity (Wildman–Crippen MR) is 80.6 cm³/mol. The third-order valence-corrected chi connectivity index (χ3v) is 4.63. The summed E-state index contributed by atoms with van der Waals surface area (Å²) in [5.41, 5.74) is 10.3. The number of methoxy groups -OCH3 is 1. The molecule has 0 aliphatic heterocycles. The van der Waals surface area contributed by atoms with Crippen molar-refractivity contribution < 1.29 is 4.74 Å². The summed E-state index contributed by atoms with van der Waals surface area (Å²) in [6.45, 7) is 6.54. The topological polar surface area (TPSA) is 35.2 Å². The van der Waals surface area contributed by atoms with E-state index in [1.54, 1.807) is 7.11 Å². The Morgan fingerprint density at radius 3 is 2.74 bits per heavy atom. The number of benzene rings is 1. The third kappa shape index (κ3) is 2.79. The van der Waals surface area contributed by atoms with Crippen molar-refractivity contribution in [3.63, 3.8) is 0 Å². The number of rotatable bonds is 3. The molecule has 0 heterocycles. The molecule has 2 nitrogen and oxygen atoms in total. The first-order valence-electron chi connectivity index (χ1n) is 7.44. The lowest BCUT2D eigenvalue weighted by Crippen LogP contribution is -2.42. The van der Waals surface area contributed by atoms with Gasteiger partial charge >= 0.3 is 0 Å². The maximum Gasteiger partial charge on any atom is 0.124 e. The highest BCUT2D eigenvalue weighted by Crippen LogP contribution is 2.44. The van der Waals surface area contributed by atoms with Crippen LogP contribution in [0.4, 0.5) is 0 Å². The largest absolute Gasteiger partial charge is 0.496 e. The van der Waals surface area contributed by atoms with E-state index < -0.39 is 0 Å². The van der Waals surface area contributed by atoms with Gasteiger partial charge in [0.1, 0.15) is 5.75 Å². The van der Waals surface area contributed by atoms with E-state index in [2.05, 4.69) is 32.9 Å². The van der Waals surface area contributed by atoms with E-state index in [1.807, 2.05) is 0 Å². The van der Waals surface area contributed by atoms with Gasteiger partial charge in [0.25, 0.3) is 0 Å². The van der Waals surface area contributed by atoms with E-state index in [0.29, 0.717) is 0 Å². The molecule has 1 fully saturated rings. The van der Waals surface area contributed by atoms with Crippen LogP contribution in [-0.4, -0.2) is 7.11 Å². The van der Waals surface area contributed by atoms with Crippen LogP contribution in [0.2, 0.25) is 0 Å². The SMILES string of the molecule is CCC1CCCC(N)(c2c(C)cc(C)cc2OC)C1. The Kier molecular flexibility index (Phi) is 4.19. The number of hydrogen-bond acceptors (Lipinski definition) is 2. The molecular weight excluding hydrogens is 234 g/mol. The lowest BCUT2D eigenvalue weighted by molar-refractivity contribution is 0.215. The molecule has 106 valence electrons. The predicted octanol–water partition coefficient (Wildman–Crippen LogP) is 4.07. The molecule has 0 bridgehead atoms. The minimum atomic E-state index is -0.206. The minimum Gasteiger partial charge on any atom is -0.496 e. The zero-order chi connectivity index (χ0) is 14.0. The molecule has 2 N–H and O–H groups in total. The van der Waals surface area contributed by atoms with Crippen molar-refractivity contribution >= 4 is 0 Å². The molecule has 1 aliphatic rings. The van der Waals surface area contributed by atoms with Crippen LogP contribution in [0.3, 0.4) is 0 Å². The molecule has 0 radical (unpaired) electrons. The van der Waals surface area contributed by atoms with Crippen LogP contribution in [0.15, 0.2) is 12.1 Å². The summed E-state index contributed by atoms with van der Waals surface area (Å²) in [4.78, 5) is 0. The van der Waals surface area contributed by atoms with Gasteiger partial charge in [0, 0.05) is 11.1 Å². The summed E-state index contributed by atoms with van der Waals surface area (Å²) >= 11 is 0. The highest BCUT2D eigenvalue weighted by atomic mass is 16.5. The Balaban J connectivity index is 2.44. The molecule has 0 amide bonds. The van der Waals surface area contributed by atoms with Gasteiger partial charge in [-0.05, 0) is 49.8 Å². The maximum atomic E-state index is 6.79. The zero-order valence-corrected chi connectivity index (χ0v) is 12.8. The summed E-state index contributed by atoms with van der Waals surface area (Å²) < 4.78 is 5.61. The van der Waals surface area contributed by atoms with Crippen molar-refractivity contribution in [2.75, 3.05) is 7.11 Å². The lowest BCUT2D eigenvalue weighted by atomic mass is 9.70. The van der Waals surface area contributed by atoms with Gasteiger partial charge in [0.05, 0.1) is 7.11 Å². The monoisotopic (exact) mass is 261 g/mol. The minimum absolute atomic E-state index is 0.206. The summed E-state index contributed by atoms with van der Waals surface area (Å²) in [5, 5.41) is 0. The Morgan fingerprint density at radius 2 is 2.11 bits per heavy atom. The molecule has 2 unspecified atom stereocenters.